The molecule has 1 atom stereocenters. The fourth-order valence-electron chi connectivity index (χ4n) is 3.37. The molecule has 7 heteroatoms. The highest BCUT2D eigenvalue weighted by Crippen LogP contribution is 2.45. The van der Waals surface area contributed by atoms with Crippen molar-refractivity contribution in [3.05, 3.63) is 39.2 Å². The standard InChI is InChI=1S/C17H19ClN4O2/c1-3-7-22-16(15(18)9(2)21-22)13-10(8-19)17(20)24-12-6-4-5-11(23)14(12)13/h13H,3-7,20H2,1-2H3. The first-order valence-corrected chi connectivity index (χ1v) is 8.44. The van der Waals surface area contributed by atoms with Crippen LogP contribution in [-0.2, 0) is 16.1 Å². The van der Waals surface area contributed by atoms with Gasteiger partial charge in [0, 0.05) is 25.0 Å². The molecule has 126 valence electrons. The van der Waals surface area contributed by atoms with Gasteiger partial charge < -0.3 is 10.5 Å². The van der Waals surface area contributed by atoms with E-state index < -0.39 is 5.92 Å². The second-order valence-electron chi connectivity index (χ2n) is 6.05. The lowest BCUT2D eigenvalue weighted by Crippen LogP contribution is -2.29. The van der Waals surface area contributed by atoms with Gasteiger partial charge in [-0.1, -0.05) is 18.5 Å². The van der Waals surface area contributed by atoms with Gasteiger partial charge in [0.05, 0.1) is 22.3 Å². The first kappa shape index (κ1) is 16.6. The molecule has 0 amide bonds. The molecule has 1 unspecified atom stereocenters. The molecule has 1 aliphatic carbocycles. The Balaban J connectivity index is 2.26. The van der Waals surface area contributed by atoms with Gasteiger partial charge in [0.2, 0.25) is 5.88 Å². The summed E-state index contributed by atoms with van der Waals surface area (Å²) in [5.74, 6) is -0.00842. The van der Waals surface area contributed by atoms with E-state index in [0.717, 1.165) is 12.8 Å². The molecule has 0 radical (unpaired) electrons. The molecular weight excluding hydrogens is 328 g/mol. The largest absolute Gasteiger partial charge is 0.444 e. The third kappa shape index (κ3) is 2.49. The third-order valence-corrected chi connectivity index (χ3v) is 4.87. The number of carbonyl (C=O) groups is 1. The van der Waals surface area contributed by atoms with Crippen molar-refractivity contribution in [2.24, 2.45) is 5.73 Å². The number of ether oxygens (including phenoxy) is 1. The lowest BCUT2D eigenvalue weighted by molar-refractivity contribution is -0.116. The van der Waals surface area contributed by atoms with Crippen LogP contribution in [0.25, 0.3) is 0 Å². The van der Waals surface area contributed by atoms with Gasteiger partial charge in [-0.15, -0.1) is 0 Å². The first-order valence-electron chi connectivity index (χ1n) is 8.06. The van der Waals surface area contributed by atoms with Crippen molar-refractivity contribution in [1.82, 2.24) is 9.78 Å². The summed E-state index contributed by atoms with van der Waals surface area (Å²) < 4.78 is 7.37. The number of halogens is 1. The van der Waals surface area contributed by atoms with Crippen molar-refractivity contribution in [3.8, 4) is 6.07 Å². The molecule has 24 heavy (non-hydrogen) atoms. The van der Waals surface area contributed by atoms with E-state index in [-0.39, 0.29) is 17.2 Å². The highest BCUT2D eigenvalue weighted by atomic mass is 35.5. The topological polar surface area (TPSA) is 93.9 Å². The Kier molecular flexibility index (Phi) is 4.37. The maximum atomic E-state index is 12.6. The van der Waals surface area contributed by atoms with Gasteiger partial charge in [0.1, 0.15) is 17.4 Å². The minimum atomic E-state index is -0.605. The molecule has 3 rings (SSSR count). The van der Waals surface area contributed by atoms with Crippen molar-refractivity contribution in [2.75, 3.05) is 0 Å². The Morgan fingerprint density at radius 3 is 2.92 bits per heavy atom. The molecule has 0 fully saturated rings. The normalized spacial score (nSPS) is 20.8. The van der Waals surface area contributed by atoms with Gasteiger partial charge in [-0.3, -0.25) is 9.48 Å². The van der Waals surface area contributed by atoms with Crippen molar-refractivity contribution in [2.45, 2.75) is 52.0 Å². The maximum Gasteiger partial charge on any atom is 0.205 e. The zero-order valence-electron chi connectivity index (χ0n) is 13.7. The number of nitriles is 1. The predicted molar refractivity (Wildman–Crippen MR) is 88.8 cm³/mol. The third-order valence-electron chi connectivity index (χ3n) is 4.41. The molecule has 1 aliphatic heterocycles. The number of Topliss-reactive ketones (excluding diaryl/α,β-unsaturated/α-hetero) is 1. The van der Waals surface area contributed by atoms with Crippen molar-refractivity contribution >= 4 is 17.4 Å². The summed E-state index contributed by atoms with van der Waals surface area (Å²) in [6.07, 6.45) is 2.65. The minimum Gasteiger partial charge on any atom is -0.444 e. The average molecular weight is 347 g/mol. The molecule has 0 saturated carbocycles. The number of allylic oxidation sites excluding steroid dienone is 3. The van der Waals surface area contributed by atoms with E-state index in [1.54, 1.807) is 4.68 Å². The van der Waals surface area contributed by atoms with E-state index in [2.05, 4.69) is 11.2 Å². The molecule has 2 N–H and O–H groups in total. The van der Waals surface area contributed by atoms with E-state index in [1.807, 2.05) is 13.8 Å². The lowest BCUT2D eigenvalue weighted by Gasteiger charge is -2.31. The van der Waals surface area contributed by atoms with E-state index in [1.165, 1.54) is 0 Å². The van der Waals surface area contributed by atoms with Crippen LogP contribution in [0.2, 0.25) is 5.02 Å². The number of hydrogen-bond donors (Lipinski definition) is 1. The molecule has 0 saturated heterocycles. The number of carbonyl (C=O) groups excluding carboxylic acids is 1. The summed E-state index contributed by atoms with van der Waals surface area (Å²) in [6, 6.07) is 2.11. The van der Waals surface area contributed by atoms with Crippen LogP contribution in [0.1, 0.15) is 49.9 Å². The Labute approximate surface area is 145 Å². The Morgan fingerprint density at radius 1 is 1.50 bits per heavy atom. The van der Waals surface area contributed by atoms with Gasteiger partial charge in [-0.05, 0) is 19.8 Å². The Hall–Kier alpha value is -2.26. The van der Waals surface area contributed by atoms with Gasteiger partial charge in [-0.25, -0.2) is 0 Å². The summed E-state index contributed by atoms with van der Waals surface area (Å²) in [5, 5.41) is 14.6. The molecular formula is C17H19ClN4O2. The zero-order valence-corrected chi connectivity index (χ0v) is 14.5. The minimum absolute atomic E-state index is 0.0144. The van der Waals surface area contributed by atoms with Crippen molar-refractivity contribution in [3.63, 3.8) is 0 Å². The molecule has 1 aromatic heterocycles. The first-order chi connectivity index (χ1) is 11.5. The average Bonchev–Trinajstić information content (AvgIpc) is 2.81. The summed E-state index contributed by atoms with van der Waals surface area (Å²) in [7, 11) is 0. The predicted octanol–water partition coefficient (Wildman–Crippen LogP) is 3.07. The zero-order chi connectivity index (χ0) is 17.4. The number of nitrogens with two attached hydrogens (primary N) is 1. The van der Waals surface area contributed by atoms with E-state index >= 15 is 0 Å². The number of hydrogen-bond acceptors (Lipinski definition) is 5. The smallest absolute Gasteiger partial charge is 0.205 e. The number of rotatable bonds is 3. The van der Waals surface area contributed by atoms with Crippen molar-refractivity contribution < 1.29 is 9.53 Å². The molecule has 0 bridgehead atoms. The van der Waals surface area contributed by atoms with Crippen molar-refractivity contribution in [1.29, 1.82) is 5.26 Å². The van der Waals surface area contributed by atoms with Gasteiger partial charge in [0.25, 0.3) is 0 Å². The van der Waals surface area contributed by atoms with Gasteiger partial charge in [-0.2, -0.15) is 10.4 Å². The van der Waals surface area contributed by atoms with Crippen LogP contribution >= 0.6 is 11.6 Å². The molecule has 0 aromatic carbocycles. The molecule has 2 aliphatic rings. The number of aryl methyl sites for hydroxylation is 2. The summed E-state index contributed by atoms with van der Waals surface area (Å²) >= 11 is 6.50. The van der Waals surface area contributed by atoms with E-state index in [9.17, 15) is 10.1 Å². The number of ketones is 1. The second kappa shape index (κ2) is 6.33. The summed E-state index contributed by atoms with van der Waals surface area (Å²) in [6.45, 7) is 4.49. The van der Waals surface area contributed by atoms with Crippen LogP contribution in [0.3, 0.4) is 0 Å². The number of aromatic nitrogens is 2. The highest BCUT2D eigenvalue weighted by molar-refractivity contribution is 6.32. The summed E-state index contributed by atoms with van der Waals surface area (Å²) in [4.78, 5) is 12.6. The quantitative estimate of drug-likeness (QED) is 0.907. The van der Waals surface area contributed by atoms with Crippen LogP contribution in [0.15, 0.2) is 22.8 Å². The SMILES string of the molecule is CCCn1nc(C)c(Cl)c1C1C(C#N)=C(N)OC2=C1C(=O)CCC2. The van der Waals surface area contributed by atoms with Crippen LogP contribution in [0.5, 0.6) is 0 Å². The Bertz CT molecular complexity index is 813. The van der Waals surface area contributed by atoms with Gasteiger partial charge in [0.15, 0.2) is 5.78 Å². The van der Waals surface area contributed by atoms with Crippen LogP contribution in [0, 0.1) is 18.3 Å². The maximum absolute atomic E-state index is 12.6. The fourth-order valence-corrected chi connectivity index (χ4v) is 3.61. The van der Waals surface area contributed by atoms with Crippen LogP contribution in [0.4, 0.5) is 0 Å². The Morgan fingerprint density at radius 2 is 2.25 bits per heavy atom. The summed E-state index contributed by atoms with van der Waals surface area (Å²) in [5.41, 5.74) is 8.03. The molecule has 2 heterocycles. The van der Waals surface area contributed by atoms with Crippen LogP contribution in [-0.4, -0.2) is 15.6 Å². The lowest BCUT2D eigenvalue weighted by atomic mass is 9.79. The van der Waals surface area contributed by atoms with E-state index in [4.69, 9.17) is 22.1 Å². The monoisotopic (exact) mass is 346 g/mol. The van der Waals surface area contributed by atoms with Gasteiger partial charge >= 0.3 is 0 Å². The second-order valence-corrected chi connectivity index (χ2v) is 6.42. The molecule has 0 spiro atoms. The number of nitrogens with zero attached hydrogens (tertiary/aromatic N) is 3. The van der Waals surface area contributed by atoms with Crippen LogP contribution < -0.4 is 5.73 Å². The highest BCUT2D eigenvalue weighted by Gasteiger charge is 2.41. The molecule has 6 nitrogen and oxygen atoms in total. The molecule has 1 aromatic rings. The van der Waals surface area contributed by atoms with E-state index in [0.29, 0.717) is 47.1 Å². The fraction of sp³-hybridized carbons (Fsp3) is 0.471.